The van der Waals surface area contributed by atoms with Crippen LogP contribution in [0.4, 0.5) is 20.2 Å². The maximum atomic E-state index is 14.0. The summed E-state index contributed by atoms with van der Waals surface area (Å²) in [5.41, 5.74) is 0.569. The fourth-order valence-electron chi connectivity index (χ4n) is 5.36. The van der Waals surface area contributed by atoms with Gasteiger partial charge in [-0.2, -0.15) is 0 Å². The molecule has 20 heteroatoms. The molecular formula is C33H45N6O13P. The van der Waals surface area contributed by atoms with Gasteiger partial charge in [-0.05, 0) is 12.8 Å². The van der Waals surface area contributed by atoms with Gasteiger partial charge in [-0.15, -0.1) is 0 Å². The third-order valence-electron chi connectivity index (χ3n) is 8.27. The number of nitrogens with zero attached hydrogens (tertiary/aromatic N) is 5. The Labute approximate surface area is 307 Å². The summed E-state index contributed by atoms with van der Waals surface area (Å²) in [7, 11) is 0.154. The number of ether oxygens (including phenoxy) is 6. The molecule has 0 saturated carbocycles. The minimum Gasteiger partial charge on any atom is -0.449 e. The number of hydrogen-bond donors (Lipinski definition) is 1. The van der Waals surface area contributed by atoms with Gasteiger partial charge in [0.05, 0.1) is 33.1 Å². The number of carbonyl (C=O) groups excluding carboxylic acids is 5. The highest BCUT2D eigenvalue weighted by molar-refractivity contribution is 7.39. The van der Waals surface area contributed by atoms with Crippen molar-refractivity contribution in [1.29, 1.82) is 0 Å². The van der Waals surface area contributed by atoms with Gasteiger partial charge in [-0.25, -0.2) is 24.4 Å². The molecule has 0 aliphatic carbocycles. The lowest BCUT2D eigenvalue weighted by Crippen LogP contribution is -2.56. The number of amides is 3. The quantitative estimate of drug-likeness (QED) is 0.0907. The Balaban J connectivity index is 1.58. The zero-order valence-electron chi connectivity index (χ0n) is 30.0. The molecule has 1 aromatic heterocycles. The second-order valence-corrected chi connectivity index (χ2v) is 13.2. The van der Waals surface area contributed by atoms with Crippen molar-refractivity contribution in [2.45, 2.75) is 44.8 Å². The second-order valence-electron chi connectivity index (χ2n) is 11.8. The predicted molar refractivity (Wildman–Crippen MR) is 186 cm³/mol. The molecule has 1 N–H and O–H groups in total. The fourth-order valence-corrected chi connectivity index (χ4v) is 6.38. The van der Waals surface area contributed by atoms with Crippen LogP contribution in [0, 0.1) is 0 Å². The molecule has 4 rings (SSSR count). The van der Waals surface area contributed by atoms with Gasteiger partial charge < -0.3 is 48.4 Å². The average molecular weight is 765 g/mol. The van der Waals surface area contributed by atoms with E-state index in [0.717, 1.165) is 33.5 Å². The van der Waals surface area contributed by atoms with Crippen LogP contribution in [0.15, 0.2) is 36.4 Å². The van der Waals surface area contributed by atoms with Crippen LogP contribution >= 0.6 is 8.03 Å². The molecule has 2 aliphatic heterocycles. The third-order valence-corrected chi connectivity index (χ3v) is 9.47. The first-order chi connectivity index (χ1) is 25.5. The largest absolute Gasteiger partial charge is 0.512 e. The molecular weight excluding hydrogens is 719 g/mol. The van der Waals surface area contributed by atoms with Crippen LogP contribution in [0.2, 0.25) is 0 Å². The molecule has 2 aliphatic rings. The van der Waals surface area contributed by atoms with E-state index < -0.39 is 56.9 Å². The molecule has 3 amide bonds. The smallest absolute Gasteiger partial charge is 0.449 e. The zero-order chi connectivity index (χ0) is 38.3. The van der Waals surface area contributed by atoms with Gasteiger partial charge in [-0.1, -0.05) is 43.7 Å². The Morgan fingerprint density at radius 3 is 2.19 bits per heavy atom. The summed E-state index contributed by atoms with van der Waals surface area (Å²) in [6.45, 7) is 1.71. The van der Waals surface area contributed by atoms with E-state index in [4.69, 9.17) is 28.5 Å². The first-order valence-corrected chi connectivity index (χ1v) is 18.5. The van der Waals surface area contributed by atoms with E-state index in [1.165, 1.54) is 15.9 Å². The van der Waals surface area contributed by atoms with E-state index in [-0.39, 0.29) is 50.4 Å². The standard InChI is InChI=1S/C33H45N6O13P/c1-5-6-18-49-30(42)38-16-14-37(15-17-38)29(41)25(21-53(45)52-33(50-31(43)47-3)51-32(44)48-4)35-28(40)24-19-26(39-13-12-23(20-39)46-2)36-27(34-24)22-10-8-7-9-11-22/h7-11,19,23,25,33,53H,5-6,12-18,20-21H2,1-4H3,(H,35,40). The monoisotopic (exact) mass is 764 g/mol. The molecule has 0 spiro atoms. The normalized spacial score (nSPS) is 16.8. The number of hydrogen-bond acceptors (Lipinski definition) is 16. The Morgan fingerprint density at radius 2 is 1.58 bits per heavy atom. The van der Waals surface area contributed by atoms with Crippen molar-refractivity contribution in [1.82, 2.24) is 25.1 Å². The minimum atomic E-state index is -3.44. The lowest BCUT2D eigenvalue weighted by Gasteiger charge is -2.36. The van der Waals surface area contributed by atoms with Gasteiger partial charge in [0.15, 0.2) is 5.82 Å². The highest BCUT2D eigenvalue weighted by Gasteiger charge is 2.34. The molecule has 0 bridgehead atoms. The summed E-state index contributed by atoms with van der Waals surface area (Å²) < 4.78 is 47.6. The number of anilines is 1. The van der Waals surface area contributed by atoms with Crippen molar-refractivity contribution in [2.24, 2.45) is 0 Å². The topological polar surface area (TPSA) is 215 Å². The van der Waals surface area contributed by atoms with Crippen LogP contribution in [0.3, 0.4) is 0 Å². The van der Waals surface area contributed by atoms with Crippen LogP contribution in [0.5, 0.6) is 0 Å². The average Bonchev–Trinajstić information content (AvgIpc) is 3.67. The minimum absolute atomic E-state index is 0.0316. The maximum absolute atomic E-state index is 14.0. The van der Waals surface area contributed by atoms with Crippen LogP contribution in [-0.4, -0.2) is 142 Å². The van der Waals surface area contributed by atoms with Crippen molar-refractivity contribution in [3.8, 4) is 11.4 Å². The maximum Gasteiger partial charge on any atom is 0.512 e. The molecule has 53 heavy (non-hydrogen) atoms. The molecule has 0 radical (unpaired) electrons. The van der Waals surface area contributed by atoms with Crippen LogP contribution in [0.1, 0.15) is 36.7 Å². The predicted octanol–water partition coefficient (Wildman–Crippen LogP) is 2.89. The molecule has 2 saturated heterocycles. The number of benzene rings is 1. The molecule has 3 atom stereocenters. The van der Waals surface area contributed by atoms with E-state index in [9.17, 15) is 28.5 Å². The van der Waals surface area contributed by atoms with E-state index in [1.807, 2.05) is 17.9 Å². The highest BCUT2D eigenvalue weighted by atomic mass is 31.1. The summed E-state index contributed by atoms with van der Waals surface area (Å²) in [6, 6.07) is 9.05. The molecule has 1 aromatic carbocycles. The van der Waals surface area contributed by atoms with Crippen LogP contribution < -0.4 is 10.2 Å². The SMILES string of the molecule is CCCCOC(=O)N1CCN(C(=O)C(C[PH](=O)OC(OC(=O)OC)OC(=O)OC)NC(=O)c2cc(N3CCC(OC)C3)nc(-c3ccccc3)n2)CC1. The summed E-state index contributed by atoms with van der Waals surface area (Å²) in [6.07, 6.45) is -1.49. The van der Waals surface area contributed by atoms with E-state index >= 15 is 0 Å². The van der Waals surface area contributed by atoms with E-state index in [0.29, 0.717) is 24.5 Å². The Morgan fingerprint density at radius 1 is 0.925 bits per heavy atom. The Hall–Kier alpha value is -5.00. The molecule has 3 heterocycles. The van der Waals surface area contributed by atoms with E-state index in [2.05, 4.69) is 19.8 Å². The zero-order valence-corrected chi connectivity index (χ0v) is 31.0. The summed E-state index contributed by atoms with van der Waals surface area (Å²) in [5.74, 6) is -0.696. The van der Waals surface area contributed by atoms with Crippen molar-refractivity contribution in [2.75, 3.05) is 78.3 Å². The number of carbonyl (C=O) groups is 5. The first-order valence-electron chi connectivity index (χ1n) is 17.0. The van der Waals surface area contributed by atoms with E-state index in [1.54, 1.807) is 31.4 Å². The highest BCUT2D eigenvalue weighted by Crippen LogP contribution is 2.29. The molecule has 19 nitrogen and oxygen atoms in total. The van der Waals surface area contributed by atoms with Crippen molar-refractivity contribution in [3.05, 3.63) is 42.1 Å². The van der Waals surface area contributed by atoms with Gasteiger partial charge in [0.1, 0.15) is 17.6 Å². The van der Waals surface area contributed by atoms with Crippen molar-refractivity contribution < 1.29 is 61.5 Å². The lowest BCUT2D eigenvalue weighted by molar-refractivity contribution is -0.197. The number of aromatic nitrogens is 2. The molecule has 2 fully saturated rings. The summed E-state index contributed by atoms with van der Waals surface area (Å²) in [5, 5.41) is 2.63. The van der Waals surface area contributed by atoms with Gasteiger partial charge in [-0.3, -0.25) is 18.7 Å². The number of nitrogens with one attached hydrogen (secondary N) is 1. The number of unbranched alkanes of at least 4 members (excludes halogenated alkanes) is 1. The van der Waals surface area contributed by atoms with Gasteiger partial charge in [0.2, 0.25) is 13.9 Å². The van der Waals surface area contributed by atoms with Crippen molar-refractivity contribution in [3.63, 3.8) is 0 Å². The van der Waals surface area contributed by atoms with Crippen LogP contribution in [0.25, 0.3) is 11.4 Å². The van der Waals surface area contributed by atoms with Crippen molar-refractivity contribution >= 4 is 44.1 Å². The van der Waals surface area contributed by atoms with Gasteiger partial charge >= 0.3 is 24.9 Å². The number of piperazine rings is 1. The Bertz CT molecular complexity index is 1580. The summed E-state index contributed by atoms with van der Waals surface area (Å²) in [4.78, 5) is 77.9. The molecule has 2 aromatic rings. The molecule has 3 unspecified atom stereocenters. The first kappa shape index (κ1) is 40.8. The summed E-state index contributed by atoms with van der Waals surface area (Å²) >= 11 is 0. The Kier molecular flexibility index (Phi) is 15.6. The number of methoxy groups -OCH3 is 3. The van der Waals surface area contributed by atoms with Crippen LogP contribution in [-0.2, 0) is 42.3 Å². The molecule has 290 valence electrons. The lowest BCUT2D eigenvalue weighted by atomic mass is 10.2. The fraction of sp³-hybridized carbons (Fsp3) is 0.545. The van der Waals surface area contributed by atoms with Gasteiger partial charge in [0.25, 0.3) is 5.91 Å². The third kappa shape index (κ3) is 12.0. The number of rotatable bonds is 15. The van der Waals surface area contributed by atoms with Gasteiger partial charge in [0, 0.05) is 58.0 Å². The second kappa shape index (κ2) is 20.3.